The Hall–Kier alpha value is -1.46. The molecule has 0 aliphatic heterocycles. The lowest BCUT2D eigenvalue weighted by atomic mass is 10.2. The molecule has 1 nitrogen and oxygen atoms in total. The van der Waals surface area contributed by atoms with Crippen molar-refractivity contribution in [1.29, 1.82) is 0 Å². The topological polar surface area (TPSA) is 17.1 Å². The van der Waals surface area contributed by atoms with Gasteiger partial charge in [0, 0.05) is 12.3 Å². The zero-order valence-corrected chi connectivity index (χ0v) is 11.8. The number of hydrogen-bond acceptors (Lipinski definition) is 1. The third-order valence-corrected chi connectivity index (χ3v) is 4.39. The first-order chi connectivity index (χ1) is 8.63. The van der Waals surface area contributed by atoms with E-state index in [-0.39, 0.29) is 0 Å². The summed E-state index contributed by atoms with van der Waals surface area (Å²) >= 11 is 0. The fourth-order valence-electron chi connectivity index (χ4n) is 1.85. The van der Waals surface area contributed by atoms with Gasteiger partial charge in [0.25, 0.3) is 0 Å². The Morgan fingerprint density at radius 1 is 0.722 bits per heavy atom. The van der Waals surface area contributed by atoms with Gasteiger partial charge in [-0.2, -0.15) is 0 Å². The summed E-state index contributed by atoms with van der Waals surface area (Å²) < 4.78 is 12.1. The molecule has 0 saturated carbocycles. The fraction of sp³-hybridized carbons (Fsp3) is 0.250. The molecule has 0 aromatic heterocycles. The highest BCUT2D eigenvalue weighted by Crippen LogP contribution is 2.31. The van der Waals surface area contributed by atoms with Crippen LogP contribution in [0.4, 0.5) is 0 Å². The summed E-state index contributed by atoms with van der Waals surface area (Å²) in [6.07, 6.45) is 1.34. The van der Waals surface area contributed by atoms with Gasteiger partial charge in [-0.25, -0.2) is 0 Å². The number of rotatable bonds is 4. The van der Waals surface area contributed by atoms with Crippen molar-refractivity contribution in [2.75, 3.05) is 0 Å². The van der Waals surface area contributed by atoms with E-state index in [0.717, 1.165) is 11.1 Å². The number of hydrogen-bond donors (Lipinski definition) is 0. The molecule has 2 aromatic carbocycles. The van der Waals surface area contributed by atoms with Gasteiger partial charge in [0.2, 0.25) is 0 Å². The maximum absolute atomic E-state index is 12.1. The molecule has 2 heteroatoms. The van der Waals surface area contributed by atoms with E-state index in [1.807, 2.05) is 0 Å². The zero-order chi connectivity index (χ0) is 13.0. The predicted octanol–water partition coefficient (Wildman–Crippen LogP) is 4.83. The number of benzene rings is 2. The summed E-state index contributed by atoms with van der Waals surface area (Å²) in [7, 11) is -1.20. The molecule has 0 N–H and O–H groups in total. The highest BCUT2D eigenvalue weighted by atomic mass is 31.1. The molecule has 0 heterocycles. The lowest BCUT2D eigenvalue weighted by molar-refractivity contribution is 0.586. The van der Waals surface area contributed by atoms with Crippen molar-refractivity contribution in [2.45, 2.75) is 26.2 Å². The van der Waals surface area contributed by atoms with Gasteiger partial charge in [-0.3, -0.25) is 4.57 Å². The normalized spacial score (nSPS) is 10.3. The van der Waals surface area contributed by atoms with Crippen molar-refractivity contribution in [1.82, 2.24) is 0 Å². The molecular formula is C16H18OP. The Morgan fingerprint density at radius 3 is 1.39 bits per heavy atom. The van der Waals surface area contributed by atoms with E-state index in [0.29, 0.717) is 12.3 Å². The quantitative estimate of drug-likeness (QED) is 0.717. The van der Waals surface area contributed by atoms with Crippen LogP contribution in [0.1, 0.15) is 22.3 Å². The Kier molecular flexibility index (Phi) is 4.28. The second kappa shape index (κ2) is 5.93. The van der Waals surface area contributed by atoms with E-state index in [2.05, 4.69) is 62.4 Å². The molecule has 0 fully saturated rings. The van der Waals surface area contributed by atoms with E-state index >= 15 is 0 Å². The monoisotopic (exact) mass is 257 g/mol. The van der Waals surface area contributed by atoms with E-state index in [9.17, 15) is 4.57 Å². The van der Waals surface area contributed by atoms with Crippen LogP contribution in [0, 0.1) is 13.8 Å². The van der Waals surface area contributed by atoms with Crippen LogP contribution >= 0.6 is 7.80 Å². The Labute approximate surface area is 110 Å². The molecule has 0 aliphatic rings. The summed E-state index contributed by atoms with van der Waals surface area (Å²) in [6.45, 7) is 4.13. The summed E-state index contributed by atoms with van der Waals surface area (Å²) in [6, 6.07) is 16.6. The van der Waals surface area contributed by atoms with Crippen LogP contribution in [-0.4, -0.2) is 0 Å². The largest absolute Gasteiger partial charge is 0.286 e. The first-order valence-electron chi connectivity index (χ1n) is 6.16. The van der Waals surface area contributed by atoms with Crippen LogP contribution in [0.15, 0.2) is 48.5 Å². The van der Waals surface area contributed by atoms with E-state index in [1.165, 1.54) is 11.1 Å². The summed E-state index contributed by atoms with van der Waals surface area (Å²) in [5.41, 5.74) is 4.81. The summed E-state index contributed by atoms with van der Waals surface area (Å²) in [5, 5.41) is 0. The van der Waals surface area contributed by atoms with Crippen molar-refractivity contribution in [3.63, 3.8) is 0 Å². The lowest BCUT2D eigenvalue weighted by Gasteiger charge is -2.03. The van der Waals surface area contributed by atoms with Crippen molar-refractivity contribution < 1.29 is 4.57 Å². The van der Waals surface area contributed by atoms with E-state index in [1.54, 1.807) is 0 Å². The van der Waals surface area contributed by atoms with Crippen molar-refractivity contribution in [2.24, 2.45) is 0 Å². The fourth-order valence-corrected chi connectivity index (χ4v) is 3.20. The van der Waals surface area contributed by atoms with Crippen molar-refractivity contribution >= 4 is 7.80 Å². The molecule has 0 saturated heterocycles. The van der Waals surface area contributed by atoms with Crippen LogP contribution in [0.25, 0.3) is 0 Å². The minimum atomic E-state index is -1.20. The highest BCUT2D eigenvalue weighted by Gasteiger charge is 2.04. The second-order valence-electron chi connectivity index (χ2n) is 4.77. The minimum absolute atomic E-state index is 0.670. The zero-order valence-electron chi connectivity index (χ0n) is 10.9. The molecule has 2 rings (SSSR count). The Balaban J connectivity index is 1.96. The van der Waals surface area contributed by atoms with Crippen molar-refractivity contribution in [3.8, 4) is 0 Å². The van der Waals surface area contributed by atoms with Crippen LogP contribution in [0.3, 0.4) is 0 Å². The van der Waals surface area contributed by atoms with Crippen molar-refractivity contribution in [3.05, 3.63) is 70.8 Å². The van der Waals surface area contributed by atoms with E-state index < -0.39 is 7.80 Å². The number of aryl methyl sites for hydroxylation is 2. The van der Waals surface area contributed by atoms with Gasteiger partial charge in [0.05, 0.1) is 7.80 Å². The third-order valence-electron chi connectivity index (χ3n) is 2.96. The molecule has 0 unspecified atom stereocenters. The molecule has 0 aliphatic carbocycles. The second-order valence-corrected chi connectivity index (χ2v) is 6.37. The average Bonchev–Trinajstić information content (AvgIpc) is 2.35. The predicted molar refractivity (Wildman–Crippen MR) is 77.4 cm³/mol. The molecular weight excluding hydrogens is 239 g/mol. The standard InChI is InChI=1S/C16H18OP/c1-13-3-7-15(8-4-13)11-18(17)12-16-9-5-14(2)6-10-16/h3-10H,11-12H2,1-2H3. The Morgan fingerprint density at radius 2 is 1.06 bits per heavy atom. The molecule has 2 aromatic rings. The lowest BCUT2D eigenvalue weighted by Crippen LogP contribution is -1.85. The van der Waals surface area contributed by atoms with Gasteiger partial charge >= 0.3 is 0 Å². The first kappa shape index (κ1) is 13.0. The van der Waals surface area contributed by atoms with Gasteiger partial charge in [-0.05, 0) is 25.0 Å². The maximum Gasteiger partial charge on any atom is 0.0808 e. The molecule has 0 atom stereocenters. The summed E-state index contributed by atoms with van der Waals surface area (Å²) in [4.78, 5) is 0. The minimum Gasteiger partial charge on any atom is -0.286 e. The van der Waals surface area contributed by atoms with Gasteiger partial charge in [0.15, 0.2) is 0 Å². The highest BCUT2D eigenvalue weighted by molar-refractivity contribution is 7.42. The van der Waals surface area contributed by atoms with Gasteiger partial charge in [0.1, 0.15) is 0 Å². The molecule has 18 heavy (non-hydrogen) atoms. The molecule has 0 spiro atoms. The molecule has 0 bridgehead atoms. The molecule has 0 amide bonds. The van der Waals surface area contributed by atoms with Gasteiger partial charge in [-0.1, -0.05) is 59.7 Å². The van der Waals surface area contributed by atoms with E-state index in [4.69, 9.17) is 0 Å². The van der Waals surface area contributed by atoms with Crippen LogP contribution in [0.5, 0.6) is 0 Å². The van der Waals surface area contributed by atoms with Crippen LogP contribution in [0.2, 0.25) is 0 Å². The maximum atomic E-state index is 12.1. The summed E-state index contributed by atoms with van der Waals surface area (Å²) in [5.74, 6) is 0. The molecule has 93 valence electrons. The SMILES string of the molecule is Cc1ccc(C[P](=O)Cc2ccc(C)cc2)cc1. The van der Waals surface area contributed by atoms with Gasteiger partial charge < -0.3 is 0 Å². The molecule has 1 radical (unpaired) electrons. The average molecular weight is 257 g/mol. The smallest absolute Gasteiger partial charge is 0.0808 e. The first-order valence-corrected chi connectivity index (χ1v) is 7.79. The van der Waals surface area contributed by atoms with Crippen LogP contribution < -0.4 is 0 Å². The van der Waals surface area contributed by atoms with Crippen LogP contribution in [-0.2, 0) is 16.9 Å². The Bertz CT molecular complexity index is 477. The van der Waals surface area contributed by atoms with Gasteiger partial charge in [-0.15, -0.1) is 0 Å². The third kappa shape index (κ3) is 3.78.